The van der Waals surface area contributed by atoms with Gasteiger partial charge in [0.15, 0.2) is 5.65 Å². The summed E-state index contributed by atoms with van der Waals surface area (Å²) in [5.41, 5.74) is 1.74. The van der Waals surface area contributed by atoms with Crippen molar-refractivity contribution in [2.24, 2.45) is 0 Å². The van der Waals surface area contributed by atoms with Crippen LogP contribution < -0.4 is 25.8 Å². The molecule has 0 aliphatic rings. The Morgan fingerprint density at radius 3 is 2.46 bits per heavy atom. The zero-order valence-electron chi connectivity index (χ0n) is 19.2. The predicted octanol–water partition coefficient (Wildman–Crippen LogP) is 3.37. The van der Waals surface area contributed by atoms with Gasteiger partial charge in [-0.3, -0.25) is 9.59 Å². The molecule has 0 aliphatic carbocycles. The Balaban J connectivity index is 1.51. The number of nitrogens with zero attached hydrogens (tertiary/aromatic N) is 3. The number of fused-ring (bicyclic) bond motifs is 1. The third-order valence-electron chi connectivity index (χ3n) is 5.24. The number of benzene rings is 2. The highest BCUT2D eigenvalue weighted by molar-refractivity contribution is 6.31. The molecule has 0 bridgehead atoms. The maximum Gasteiger partial charge on any atom is 0.350 e. The lowest BCUT2D eigenvalue weighted by atomic mass is 10.2. The van der Waals surface area contributed by atoms with E-state index >= 15 is 0 Å². The Kier molecular flexibility index (Phi) is 6.74. The van der Waals surface area contributed by atoms with Gasteiger partial charge < -0.3 is 20.1 Å². The van der Waals surface area contributed by atoms with Crippen LogP contribution in [0, 0.1) is 6.92 Å². The molecule has 180 valence electrons. The molecule has 2 aromatic heterocycles. The highest BCUT2D eigenvalue weighted by Crippen LogP contribution is 2.30. The van der Waals surface area contributed by atoms with E-state index in [0.717, 1.165) is 10.2 Å². The maximum atomic E-state index is 12.8. The Morgan fingerprint density at radius 1 is 1.03 bits per heavy atom. The molecule has 0 atom stereocenters. The molecule has 4 aromatic rings. The minimum absolute atomic E-state index is 0.251. The van der Waals surface area contributed by atoms with Crippen LogP contribution in [-0.2, 0) is 11.3 Å². The lowest BCUT2D eigenvalue weighted by molar-refractivity contribution is -0.117. The Labute approximate surface area is 205 Å². The van der Waals surface area contributed by atoms with Crippen molar-refractivity contribution in [2.45, 2.75) is 13.5 Å². The van der Waals surface area contributed by atoms with Crippen molar-refractivity contribution in [3.05, 3.63) is 81.4 Å². The molecule has 2 N–H and O–H groups in total. The molecule has 10 nitrogen and oxygen atoms in total. The summed E-state index contributed by atoms with van der Waals surface area (Å²) in [7, 11) is 3.02. The molecule has 35 heavy (non-hydrogen) atoms. The van der Waals surface area contributed by atoms with Crippen molar-refractivity contribution in [3.63, 3.8) is 0 Å². The summed E-state index contributed by atoms with van der Waals surface area (Å²) in [6, 6.07) is 13.2. The van der Waals surface area contributed by atoms with Crippen LogP contribution in [0.5, 0.6) is 11.5 Å². The number of ether oxygens (including phenoxy) is 2. The number of anilines is 2. The van der Waals surface area contributed by atoms with Gasteiger partial charge in [0.2, 0.25) is 5.91 Å². The second-order valence-corrected chi connectivity index (χ2v) is 8.03. The van der Waals surface area contributed by atoms with E-state index in [1.807, 2.05) is 0 Å². The van der Waals surface area contributed by atoms with Crippen molar-refractivity contribution in [2.75, 3.05) is 24.9 Å². The van der Waals surface area contributed by atoms with Gasteiger partial charge in [0, 0.05) is 23.0 Å². The van der Waals surface area contributed by atoms with Crippen LogP contribution in [0.4, 0.5) is 11.4 Å². The molecule has 0 unspecified atom stereocenters. The Hall–Kier alpha value is -4.31. The molecule has 0 radical (unpaired) electrons. The number of hydrogen-bond acceptors (Lipinski definition) is 6. The third-order valence-corrected chi connectivity index (χ3v) is 5.64. The van der Waals surface area contributed by atoms with Gasteiger partial charge >= 0.3 is 5.69 Å². The molecule has 11 heteroatoms. The zero-order chi connectivity index (χ0) is 25.1. The summed E-state index contributed by atoms with van der Waals surface area (Å²) in [4.78, 5) is 38.1. The average molecular weight is 496 g/mol. The number of carbonyl (C=O) groups is 2. The number of methoxy groups -OCH3 is 2. The van der Waals surface area contributed by atoms with Crippen LogP contribution in [0.3, 0.4) is 0 Å². The number of aryl methyl sites for hydroxylation is 1. The first kappa shape index (κ1) is 23.8. The summed E-state index contributed by atoms with van der Waals surface area (Å²) in [6.07, 6.45) is 1.38. The number of halogens is 1. The van der Waals surface area contributed by atoms with Crippen molar-refractivity contribution in [1.82, 2.24) is 14.2 Å². The Morgan fingerprint density at radius 2 is 1.77 bits per heavy atom. The number of nitrogens with one attached hydrogen (secondary N) is 2. The lowest BCUT2D eigenvalue weighted by Gasteiger charge is -2.12. The predicted molar refractivity (Wildman–Crippen MR) is 132 cm³/mol. The highest BCUT2D eigenvalue weighted by Gasteiger charge is 2.16. The highest BCUT2D eigenvalue weighted by atomic mass is 35.5. The summed E-state index contributed by atoms with van der Waals surface area (Å²) >= 11 is 6.10. The maximum absolute atomic E-state index is 12.8. The van der Waals surface area contributed by atoms with Gasteiger partial charge in [-0.25, -0.2) is 13.9 Å². The van der Waals surface area contributed by atoms with E-state index in [1.165, 1.54) is 23.8 Å². The van der Waals surface area contributed by atoms with Crippen molar-refractivity contribution < 1.29 is 19.1 Å². The summed E-state index contributed by atoms with van der Waals surface area (Å²) in [6.45, 7) is 1.46. The molecule has 2 amide bonds. The fourth-order valence-corrected chi connectivity index (χ4v) is 3.54. The van der Waals surface area contributed by atoms with Crippen LogP contribution in [0.15, 0.2) is 59.5 Å². The first-order valence-corrected chi connectivity index (χ1v) is 10.9. The van der Waals surface area contributed by atoms with Crippen molar-refractivity contribution >= 4 is 40.4 Å². The van der Waals surface area contributed by atoms with Gasteiger partial charge in [-0.1, -0.05) is 11.6 Å². The summed E-state index contributed by atoms with van der Waals surface area (Å²) in [5.74, 6) is 0.175. The molecule has 0 aliphatic heterocycles. The van der Waals surface area contributed by atoms with Crippen LogP contribution in [0.1, 0.15) is 15.9 Å². The first-order chi connectivity index (χ1) is 16.8. The van der Waals surface area contributed by atoms with E-state index in [0.29, 0.717) is 33.5 Å². The van der Waals surface area contributed by atoms with E-state index in [-0.39, 0.29) is 12.1 Å². The molecule has 0 fully saturated rings. The van der Waals surface area contributed by atoms with Gasteiger partial charge in [-0.15, -0.1) is 5.10 Å². The number of amides is 2. The van der Waals surface area contributed by atoms with Crippen LogP contribution >= 0.6 is 11.6 Å². The Bertz CT molecular complexity index is 1480. The lowest BCUT2D eigenvalue weighted by Crippen LogP contribution is -2.28. The fraction of sp³-hybridized carbons (Fsp3) is 0.167. The molecular weight excluding hydrogens is 474 g/mol. The zero-order valence-corrected chi connectivity index (χ0v) is 19.9. The van der Waals surface area contributed by atoms with Crippen LogP contribution in [-0.4, -0.2) is 40.2 Å². The van der Waals surface area contributed by atoms with Crippen LogP contribution in [0.2, 0.25) is 5.02 Å². The third kappa shape index (κ3) is 5.12. The van der Waals surface area contributed by atoms with Gasteiger partial charge in [-0.05, 0) is 55.0 Å². The molecule has 4 rings (SSSR count). The van der Waals surface area contributed by atoms with E-state index in [2.05, 4.69) is 15.7 Å². The average Bonchev–Trinajstić information content (AvgIpc) is 3.16. The van der Waals surface area contributed by atoms with E-state index in [4.69, 9.17) is 21.1 Å². The van der Waals surface area contributed by atoms with Gasteiger partial charge in [0.05, 0.1) is 25.5 Å². The van der Waals surface area contributed by atoms with E-state index in [1.54, 1.807) is 56.5 Å². The van der Waals surface area contributed by atoms with Gasteiger partial charge in [-0.2, -0.15) is 0 Å². The molecule has 0 saturated carbocycles. The molecule has 2 heterocycles. The van der Waals surface area contributed by atoms with Crippen molar-refractivity contribution in [1.29, 1.82) is 0 Å². The normalized spacial score (nSPS) is 10.7. The topological polar surface area (TPSA) is 116 Å². The van der Waals surface area contributed by atoms with Gasteiger partial charge in [0.1, 0.15) is 18.0 Å². The van der Waals surface area contributed by atoms with Gasteiger partial charge in [0.25, 0.3) is 5.91 Å². The number of carbonyl (C=O) groups excluding carboxylic acids is 2. The molecule has 2 aromatic carbocycles. The minimum atomic E-state index is -0.562. The summed E-state index contributed by atoms with van der Waals surface area (Å²) < 4.78 is 12.6. The van der Waals surface area contributed by atoms with E-state index in [9.17, 15) is 14.4 Å². The largest absolute Gasteiger partial charge is 0.497 e. The number of pyridine rings is 1. The van der Waals surface area contributed by atoms with E-state index < -0.39 is 17.5 Å². The second-order valence-electron chi connectivity index (χ2n) is 7.62. The standard InChI is InChI=1S/C24H22ClN5O5/c1-14-10-19(20(35-3)11-18(14)25)27-22(31)13-30-24(33)29-12-15(4-9-21(29)28-30)23(32)26-16-5-7-17(34-2)8-6-16/h4-12H,13H2,1-3H3,(H,26,32)(H,27,31). The number of rotatable bonds is 7. The molecular formula is C24H22ClN5O5. The van der Waals surface area contributed by atoms with Crippen LogP contribution in [0.25, 0.3) is 5.65 Å². The minimum Gasteiger partial charge on any atom is -0.497 e. The molecule has 0 saturated heterocycles. The quantitative estimate of drug-likeness (QED) is 0.406. The molecule has 0 spiro atoms. The summed E-state index contributed by atoms with van der Waals surface area (Å²) in [5, 5.41) is 10.1. The smallest absolute Gasteiger partial charge is 0.350 e. The SMILES string of the molecule is COc1ccc(NC(=O)c2ccc3nn(CC(=O)Nc4cc(C)c(Cl)cc4OC)c(=O)n3c2)cc1. The first-order valence-electron chi connectivity index (χ1n) is 10.5. The second kappa shape index (κ2) is 9.90. The van der Waals surface area contributed by atoms with Crippen molar-refractivity contribution in [3.8, 4) is 11.5 Å². The monoisotopic (exact) mass is 495 g/mol. The number of aromatic nitrogens is 3. The number of hydrogen-bond donors (Lipinski definition) is 2. The fourth-order valence-electron chi connectivity index (χ4n) is 3.39.